The highest BCUT2D eigenvalue weighted by Gasteiger charge is 2.22. The summed E-state index contributed by atoms with van der Waals surface area (Å²) >= 11 is 0. The number of carbonyl (C=O) groups excluding carboxylic acids is 1. The van der Waals surface area contributed by atoms with E-state index in [0.717, 1.165) is 30.9 Å². The maximum atomic E-state index is 12.6. The highest BCUT2D eigenvalue weighted by Crippen LogP contribution is 2.20. The molecule has 1 aliphatic rings. The molecule has 1 amide bonds. The van der Waals surface area contributed by atoms with Gasteiger partial charge in [0.05, 0.1) is 0 Å². The van der Waals surface area contributed by atoms with Crippen molar-refractivity contribution in [2.24, 2.45) is 5.92 Å². The van der Waals surface area contributed by atoms with E-state index >= 15 is 0 Å². The summed E-state index contributed by atoms with van der Waals surface area (Å²) in [5.74, 6) is 0.603. The Kier molecular flexibility index (Phi) is 4.37. The molecular weight excluding hydrogens is 274 g/mol. The quantitative estimate of drug-likeness (QED) is 0.939. The van der Waals surface area contributed by atoms with Gasteiger partial charge in [-0.2, -0.15) is 0 Å². The van der Waals surface area contributed by atoms with Crippen molar-refractivity contribution >= 4 is 17.3 Å². The van der Waals surface area contributed by atoms with Crippen molar-refractivity contribution in [2.75, 3.05) is 18.4 Å². The highest BCUT2D eigenvalue weighted by atomic mass is 16.2. The summed E-state index contributed by atoms with van der Waals surface area (Å²) < 4.78 is 0. The van der Waals surface area contributed by atoms with Gasteiger partial charge in [-0.05, 0) is 43.0 Å². The van der Waals surface area contributed by atoms with Crippen LogP contribution in [0.4, 0.5) is 11.4 Å². The Bertz CT molecular complexity index is 642. The molecule has 0 spiro atoms. The zero-order valence-electron chi connectivity index (χ0n) is 12.8. The molecular formula is C18H21N3O. The Morgan fingerprint density at radius 1 is 1.23 bits per heavy atom. The van der Waals surface area contributed by atoms with Gasteiger partial charge in [-0.1, -0.05) is 25.1 Å². The lowest BCUT2D eigenvalue weighted by atomic mass is 10.00. The topological polar surface area (TPSA) is 45.2 Å². The largest absolute Gasteiger partial charge is 0.355 e. The predicted molar refractivity (Wildman–Crippen MR) is 88.3 cm³/mol. The van der Waals surface area contributed by atoms with E-state index in [2.05, 4.69) is 17.2 Å². The lowest BCUT2D eigenvalue weighted by molar-refractivity contribution is 0.0677. The normalized spacial score (nSPS) is 18.0. The maximum Gasteiger partial charge on any atom is 0.272 e. The fourth-order valence-corrected chi connectivity index (χ4v) is 2.85. The van der Waals surface area contributed by atoms with E-state index in [1.807, 2.05) is 47.4 Å². The second kappa shape index (κ2) is 6.60. The van der Waals surface area contributed by atoms with Crippen LogP contribution < -0.4 is 5.32 Å². The molecule has 114 valence electrons. The molecule has 0 aliphatic carbocycles. The zero-order valence-corrected chi connectivity index (χ0v) is 12.8. The van der Waals surface area contributed by atoms with Gasteiger partial charge in [0, 0.05) is 30.7 Å². The van der Waals surface area contributed by atoms with E-state index < -0.39 is 0 Å². The van der Waals surface area contributed by atoms with Gasteiger partial charge in [-0.25, -0.2) is 0 Å². The number of aromatic nitrogens is 1. The lowest BCUT2D eigenvalue weighted by Crippen LogP contribution is -2.39. The first kappa shape index (κ1) is 14.6. The third-order valence-corrected chi connectivity index (χ3v) is 3.99. The van der Waals surface area contributed by atoms with Gasteiger partial charge in [0.15, 0.2) is 0 Å². The molecule has 1 atom stereocenters. The number of rotatable bonds is 3. The summed E-state index contributed by atoms with van der Waals surface area (Å²) in [6.07, 6.45) is 3.97. The molecule has 1 fully saturated rings. The van der Waals surface area contributed by atoms with Crippen LogP contribution in [-0.2, 0) is 0 Å². The van der Waals surface area contributed by atoms with Gasteiger partial charge in [0.2, 0.25) is 0 Å². The van der Waals surface area contributed by atoms with Crippen molar-refractivity contribution in [1.82, 2.24) is 9.88 Å². The number of nitrogens with one attached hydrogen (secondary N) is 1. The van der Waals surface area contributed by atoms with Crippen LogP contribution in [0.3, 0.4) is 0 Å². The summed E-state index contributed by atoms with van der Waals surface area (Å²) in [4.78, 5) is 18.8. The Labute approximate surface area is 131 Å². The Balaban J connectivity index is 1.74. The molecule has 4 heteroatoms. The van der Waals surface area contributed by atoms with Crippen LogP contribution >= 0.6 is 0 Å². The lowest BCUT2D eigenvalue weighted by Gasteiger charge is -2.30. The molecule has 0 bridgehead atoms. The van der Waals surface area contributed by atoms with Crippen molar-refractivity contribution in [3.63, 3.8) is 0 Å². The molecule has 2 heterocycles. The standard InChI is InChI=1S/C18H21N3O/c1-14-6-5-11-21(13-14)18(22)17-12-16(9-10-19-17)20-15-7-3-2-4-8-15/h2-4,7-10,12,14H,5-6,11,13H2,1H3,(H,19,20). The summed E-state index contributed by atoms with van der Waals surface area (Å²) in [5, 5.41) is 3.30. The number of hydrogen-bond donors (Lipinski definition) is 1. The zero-order chi connectivity index (χ0) is 15.4. The number of likely N-dealkylation sites (tertiary alicyclic amines) is 1. The van der Waals surface area contributed by atoms with E-state index in [-0.39, 0.29) is 5.91 Å². The molecule has 4 nitrogen and oxygen atoms in total. The first-order valence-corrected chi connectivity index (χ1v) is 7.80. The molecule has 1 unspecified atom stereocenters. The molecule has 1 N–H and O–H groups in total. The van der Waals surface area contributed by atoms with Crippen molar-refractivity contribution in [3.8, 4) is 0 Å². The molecule has 0 saturated carbocycles. The predicted octanol–water partition coefficient (Wildman–Crippen LogP) is 3.70. The summed E-state index contributed by atoms with van der Waals surface area (Å²) in [6.45, 7) is 3.86. The van der Waals surface area contributed by atoms with E-state index in [0.29, 0.717) is 11.6 Å². The molecule has 1 saturated heterocycles. The molecule has 1 aromatic carbocycles. The fourth-order valence-electron chi connectivity index (χ4n) is 2.85. The molecule has 3 rings (SSSR count). The van der Waals surface area contributed by atoms with Crippen molar-refractivity contribution < 1.29 is 4.79 Å². The van der Waals surface area contributed by atoms with Gasteiger partial charge in [0.25, 0.3) is 5.91 Å². The van der Waals surface area contributed by atoms with E-state index in [9.17, 15) is 4.79 Å². The van der Waals surface area contributed by atoms with Gasteiger partial charge < -0.3 is 10.2 Å². The summed E-state index contributed by atoms with van der Waals surface area (Å²) in [7, 11) is 0. The van der Waals surface area contributed by atoms with Gasteiger partial charge in [-0.3, -0.25) is 9.78 Å². The minimum absolute atomic E-state index is 0.0308. The third-order valence-electron chi connectivity index (χ3n) is 3.99. The van der Waals surface area contributed by atoms with E-state index in [1.54, 1.807) is 6.20 Å². The highest BCUT2D eigenvalue weighted by molar-refractivity contribution is 5.93. The number of piperidine rings is 1. The molecule has 2 aromatic rings. The number of hydrogen-bond acceptors (Lipinski definition) is 3. The van der Waals surface area contributed by atoms with Crippen molar-refractivity contribution in [3.05, 3.63) is 54.4 Å². The fraction of sp³-hybridized carbons (Fsp3) is 0.333. The number of nitrogens with zero attached hydrogens (tertiary/aromatic N) is 2. The second-order valence-electron chi connectivity index (χ2n) is 5.92. The van der Waals surface area contributed by atoms with Crippen LogP contribution in [0.2, 0.25) is 0 Å². The van der Waals surface area contributed by atoms with Crippen LogP contribution in [-0.4, -0.2) is 28.9 Å². The number of anilines is 2. The number of amides is 1. The molecule has 1 aliphatic heterocycles. The average Bonchev–Trinajstić information content (AvgIpc) is 2.55. The molecule has 1 aromatic heterocycles. The van der Waals surface area contributed by atoms with Gasteiger partial charge in [0.1, 0.15) is 5.69 Å². The number of para-hydroxylation sites is 1. The average molecular weight is 295 g/mol. The minimum Gasteiger partial charge on any atom is -0.355 e. The summed E-state index contributed by atoms with van der Waals surface area (Å²) in [5.41, 5.74) is 2.39. The van der Waals surface area contributed by atoms with Crippen LogP contribution in [0.5, 0.6) is 0 Å². The minimum atomic E-state index is 0.0308. The Morgan fingerprint density at radius 2 is 2.05 bits per heavy atom. The van der Waals surface area contributed by atoms with Crippen LogP contribution in [0, 0.1) is 5.92 Å². The number of carbonyl (C=O) groups is 1. The van der Waals surface area contributed by atoms with Crippen LogP contribution in [0.25, 0.3) is 0 Å². The van der Waals surface area contributed by atoms with Crippen LogP contribution in [0.1, 0.15) is 30.3 Å². The number of benzene rings is 1. The monoisotopic (exact) mass is 295 g/mol. The molecule has 0 radical (unpaired) electrons. The Hall–Kier alpha value is -2.36. The van der Waals surface area contributed by atoms with Crippen molar-refractivity contribution in [2.45, 2.75) is 19.8 Å². The van der Waals surface area contributed by atoms with E-state index in [1.165, 1.54) is 6.42 Å². The maximum absolute atomic E-state index is 12.6. The second-order valence-corrected chi connectivity index (χ2v) is 5.92. The molecule has 22 heavy (non-hydrogen) atoms. The van der Waals surface area contributed by atoms with Crippen LogP contribution in [0.15, 0.2) is 48.7 Å². The summed E-state index contributed by atoms with van der Waals surface area (Å²) in [6, 6.07) is 13.6. The number of pyridine rings is 1. The smallest absolute Gasteiger partial charge is 0.272 e. The first-order valence-electron chi connectivity index (χ1n) is 7.80. The third kappa shape index (κ3) is 3.45. The SMILES string of the molecule is CC1CCCN(C(=O)c2cc(Nc3ccccc3)ccn2)C1. The Morgan fingerprint density at radius 3 is 2.82 bits per heavy atom. The van der Waals surface area contributed by atoms with Crippen molar-refractivity contribution in [1.29, 1.82) is 0 Å². The van der Waals surface area contributed by atoms with Gasteiger partial charge >= 0.3 is 0 Å². The first-order chi connectivity index (χ1) is 10.7. The van der Waals surface area contributed by atoms with E-state index in [4.69, 9.17) is 0 Å². The van der Waals surface area contributed by atoms with Gasteiger partial charge in [-0.15, -0.1) is 0 Å².